The molecular formula is C23H27Cl2FN2O. The number of hydrogen-bond donors (Lipinski definition) is 1. The summed E-state index contributed by atoms with van der Waals surface area (Å²) in [6.45, 7) is 3.87. The lowest BCUT2D eigenvalue weighted by Crippen LogP contribution is -2.35. The normalized spacial score (nSPS) is 17.0. The number of carbonyl (C=O) groups excluding carboxylic acids is 1. The first kappa shape index (κ1) is 22.1. The third-order valence-electron chi connectivity index (χ3n) is 5.99. The Hall–Kier alpha value is -1.62. The maximum atomic E-state index is 13.4. The quantitative estimate of drug-likeness (QED) is 0.617. The fraction of sp³-hybridized carbons (Fsp3) is 0.435. The number of halogens is 3. The number of carbonyl (C=O) groups is 1. The Morgan fingerprint density at radius 1 is 1.10 bits per heavy atom. The van der Waals surface area contributed by atoms with Gasteiger partial charge in [0.2, 0.25) is 5.91 Å². The van der Waals surface area contributed by atoms with Crippen LogP contribution >= 0.6 is 23.2 Å². The highest BCUT2D eigenvalue weighted by Crippen LogP contribution is 2.35. The molecule has 2 aromatic rings. The van der Waals surface area contributed by atoms with Crippen molar-refractivity contribution in [3.63, 3.8) is 0 Å². The maximum absolute atomic E-state index is 13.4. The van der Waals surface area contributed by atoms with Crippen molar-refractivity contribution in [3.8, 4) is 0 Å². The highest BCUT2D eigenvalue weighted by molar-refractivity contribution is 6.34. The predicted molar refractivity (Wildman–Crippen MR) is 117 cm³/mol. The Morgan fingerprint density at radius 2 is 1.69 bits per heavy atom. The van der Waals surface area contributed by atoms with Crippen LogP contribution in [0.25, 0.3) is 0 Å². The lowest BCUT2D eigenvalue weighted by Gasteiger charge is -2.33. The summed E-state index contributed by atoms with van der Waals surface area (Å²) in [5.41, 5.74) is 1.93. The minimum Gasteiger partial charge on any atom is -0.339 e. The van der Waals surface area contributed by atoms with Gasteiger partial charge >= 0.3 is 0 Å². The van der Waals surface area contributed by atoms with E-state index < -0.39 is 0 Å². The third-order valence-corrected chi connectivity index (χ3v) is 6.42. The zero-order chi connectivity index (χ0) is 21.0. The van der Waals surface area contributed by atoms with Gasteiger partial charge in [-0.05, 0) is 86.1 Å². The van der Waals surface area contributed by atoms with Gasteiger partial charge in [0.05, 0.1) is 6.04 Å². The molecule has 0 aliphatic carbocycles. The largest absolute Gasteiger partial charge is 0.339 e. The first-order chi connectivity index (χ1) is 13.8. The second kappa shape index (κ2) is 9.92. The first-order valence-electron chi connectivity index (χ1n) is 10.0. The van der Waals surface area contributed by atoms with Crippen molar-refractivity contribution in [2.24, 2.45) is 5.92 Å². The molecule has 0 aromatic heterocycles. The van der Waals surface area contributed by atoms with Crippen molar-refractivity contribution >= 4 is 29.1 Å². The topological polar surface area (TPSA) is 32.3 Å². The Labute approximate surface area is 182 Å². The van der Waals surface area contributed by atoms with Gasteiger partial charge in [-0.1, -0.05) is 35.3 Å². The van der Waals surface area contributed by atoms with E-state index in [0.29, 0.717) is 22.4 Å². The van der Waals surface area contributed by atoms with E-state index in [1.165, 1.54) is 12.1 Å². The van der Waals surface area contributed by atoms with E-state index in [0.717, 1.165) is 37.1 Å². The molecule has 3 rings (SSSR count). The Balaban J connectivity index is 1.78. The van der Waals surface area contributed by atoms with Crippen molar-refractivity contribution in [2.75, 3.05) is 20.1 Å². The van der Waals surface area contributed by atoms with Gasteiger partial charge in [0.1, 0.15) is 5.82 Å². The second-order valence-corrected chi connectivity index (χ2v) is 8.71. The summed E-state index contributed by atoms with van der Waals surface area (Å²) in [6.07, 6.45) is 2.42. The van der Waals surface area contributed by atoms with Crippen LogP contribution in [0.1, 0.15) is 49.3 Å². The molecule has 0 radical (unpaired) electrons. The Bertz CT molecular complexity index is 817. The summed E-state index contributed by atoms with van der Waals surface area (Å²) < 4.78 is 13.4. The monoisotopic (exact) mass is 436 g/mol. The molecule has 3 nitrogen and oxygen atoms in total. The average molecular weight is 437 g/mol. The van der Waals surface area contributed by atoms with Gasteiger partial charge in [0.25, 0.3) is 0 Å². The fourth-order valence-corrected chi connectivity index (χ4v) is 4.64. The number of nitrogens with one attached hydrogen (secondary N) is 1. The van der Waals surface area contributed by atoms with Crippen molar-refractivity contribution in [3.05, 3.63) is 69.5 Å². The SMILES string of the molecule is CC(c1cc(Cl)cc(Cl)c1)N(C)C(=O)CC(c1ccc(F)cc1)C1CCNCC1. The molecule has 1 N–H and O–H groups in total. The molecule has 156 valence electrons. The number of rotatable bonds is 6. The summed E-state index contributed by atoms with van der Waals surface area (Å²) in [6, 6.07) is 11.8. The van der Waals surface area contributed by atoms with Gasteiger partial charge in [-0.25, -0.2) is 4.39 Å². The van der Waals surface area contributed by atoms with E-state index in [9.17, 15) is 9.18 Å². The lowest BCUT2D eigenvalue weighted by molar-refractivity contribution is -0.132. The van der Waals surface area contributed by atoms with Crippen LogP contribution in [-0.2, 0) is 4.79 Å². The van der Waals surface area contributed by atoms with E-state index in [2.05, 4.69) is 5.32 Å². The molecule has 6 heteroatoms. The minimum atomic E-state index is -0.257. The van der Waals surface area contributed by atoms with Gasteiger partial charge in [-0.2, -0.15) is 0 Å². The molecule has 1 aliphatic rings. The van der Waals surface area contributed by atoms with Gasteiger partial charge in [0, 0.05) is 23.5 Å². The summed E-state index contributed by atoms with van der Waals surface area (Å²) in [4.78, 5) is 14.9. The molecule has 0 bridgehead atoms. The van der Waals surface area contributed by atoms with Crippen LogP contribution in [0.4, 0.5) is 4.39 Å². The second-order valence-electron chi connectivity index (χ2n) is 7.83. The molecule has 1 saturated heterocycles. The minimum absolute atomic E-state index is 0.0569. The summed E-state index contributed by atoms with van der Waals surface area (Å²) in [5.74, 6) is 0.270. The van der Waals surface area contributed by atoms with Crippen LogP contribution in [0.5, 0.6) is 0 Å². The molecule has 2 unspecified atom stereocenters. The van der Waals surface area contributed by atoms with Gasteiger partial charge < -0.3 is 10.2 Å². The molecule has 1 fully saturated rings. The van der Waals surface area contributed by atoms with E-state index in [4.69, 9.17) is 23.2 Å². The number of nitrogens with zero attached hydrogens (tertiary/aromatic N) is 1. The van der Waals surface area contributed by atoms with Crippen LogP contribution in [0.2, 0.25) is 10.0 Å². The maximum Gasteiger partial charge on any atom is 0.223 e. The van der Waals surface area contributed by atoms with Crippen LogP contribution < -0.4 is 5.32 Å². The van der Waals surface area contributed by atoms with E-state index in [1.807, 2.05) is 38.2 Å². The summed E-state index contributed by atoms with van der Waals surface area (Å²) in [5, 5.41) is 4.49. The number of benzene rings is 2. The molecule has 2 atom stereocenters. The predicted octanol–water partition coefficient (Wildman–Crippen LogP) is 5.83. The highest BCUT2D eigenvalue weighted by Gasteiger charge is 2.29. The van der Waals surface area contributed by atoms with Crippen LogP contribution in [0, 0.1) is 11.7 Å². The summed E-state index contributed by atoms with van der Waals surface area (Å²) >= 11 is 12.3. The zero-order valence-corrected chi connectivity index (χ0v) is 18.3. The smallest absolute Gasteiger partial charge is 0.223 e. The molecular weight excluding hydrogens is 410 g/mol. The van der Waals surface area contributed by atoms with Gasteiger partial charge in [0.15, 0.2) is 0 Å². The van der Waals surface area contributed by atoms with Crippen molar-refractivity contribution in [2.45, 2.75) is 38.1 Å². The van der Waals surface area contributed by atoms with Crippen LogP contribution in [0.15, 0.2) is 42.5 Å². The standard InChI is InChI=1S/C23H27Cl2FN2O/c1-15(18-11-19(24)13-20(25)12-18)28(2)23(29)14-22(17-7-9-27-10-8-17)16-3-5-21(26)6-4-16/h3-6,11-13,15,17,22,27H,7-10,14H2,1-2H3. The van der Waals surface area contributed by atoms with E-state index in [1.54, 1.807) is 11.0 Å². The first-order valence-corrected chi connectivity index (χ1v) is 10.8. The highest BCUT2D eigenvalue weighted by atomic mass is 35.5. The summed E-state index contributed by atoms with van der Waals surface area (Å²) in [7, 11) is 1.81. The molecule has 2 aromatic carbocycles. The van der Waals surface area contributed by atoms with E-state index in [-0.39, 0.29) is 23.7 Å². The number of hydrogen-bond acceptors (Lipinski definition) is 2. The molecule has 29 heavy (non-hydrogen) atoms. The number of amides is 1. The van der Waals surface area contributed by atoms with Crippen LogP contribution in [0.3, 0.4) is 0 Å². The fourth-order valence-electron chi connectivity index (χ4n) is 4.10. The third kappa shape index (κ3) is 5.71. The van der Waals surface area contributed by atoms with Gasteiger partial charge in [-0.3, -0.25) is 4.79 Å². The molecule has 1 aliphatic heterocycles. The molecule has 1 amide bonds. The van der Waals surface area contributed by atoms with Crippen LogP contribution in [-0.4, -0.2) is 30.9 Å². The van der Waals surface area contributed by atoms with Crippen molar-refractivity contribution in [1.29, 1.82) is 0 Å². The van der Waals surface area contributed by atoms with Crippen molar-refractivity contribution in [1.82, 2.24) is 10.2 Å². The Morgan fingerprint density at radius 3 is 2.28 bits per heavy atom. The van der Waals surface area contributed by atoms with E-state index >= 15 is 0 Å². The average Bonchev–Trinajstić information content (AvgIpc) is 2.71. The molecule has 1 heterocycles. The number of piperidine rings is 1. The molecule has 0 spiro atoms. The van der Waals surface area contributed by atoms with Gasteiger partial charge in [-0.15, -0.1) is 0 Å². The Kier molecular flexibility index (Phi) is 7.55. The zero-order valence-electron chi connectivity index (χ0n) is 16.8. The van der Waals surface area contributed by atoms with Crippen molar-refractivity contribution < 1.29 is 9.18 Å². The molecule has 0 saturated carbocycles. The lowest BCUT2D eigenvalue weighted by atomic mass is 9.78.